The number of hydrogen-bond acceptors (Lipinski definition) is 3. The monoisotopic (exact) mass is 270 g/mol. The van der Waals surface area contributed by atoms with Gasteiger partial charge in [0, 0.05) is 6.54 Å². The van der Waals surface area contributed by atoms with Gasteiger partial charge in [-0.05, 0) is 37.5 Å². The van der Waals surface area contributed by atoms with E-state index in [1.165, 1.54) is 0 Å². The van der Waals surface area contributed by atoms with Crippen LogP contribution in [-0.4, -0.2) is 29.6 Å². The summed E-state index contributed by atoms with van der Waals surface area (Å²) < 4.78 is 0. The molecule has 1 atom stereocenters. The lowest BCUT2D eigenvalue weighted by Gasteiger charge is -2.36. The average Bonchev–Trinajstić information content (AvgIpc) is 2.36. The zero-order valence-corrected chi connectivity index (χ0v) is 12.1. The van der Waals surface area contributed by atoms with Gasteiger partial charge in [-0.1, -0.05) is 20.8 Å². The van der Waals surface area contributed by atoms with Crippen LogP contribution in [0.5, 0.6) is 0 Å². The summed E-state index contributed by atoms with van der Waals surface area (Å²) in [6, 6.07) is -0.576. The minimum atomic E-state index is -0.808. The Kier molecular flexibility index (Phi) is 5.35. The Bertz CT molecular complexity index is 334. The summed E-state index contributed by atoms with van der Waals surface area (Å²) in [6.07, 6.45) is 3.05. The Labute approximate surface area is 114 Å². The number of amides is 1. The lowest BCUT2D eigenvalue weighted by atomic mass is 9.70. The molecule has 1 aliphatic rings. The summed E-state index contributed by atoms with van der Waals surface area (Å²) in [5, 5.41) is 12.2. The standard InChI is InChI=1S/C14H26N2O3/c1-9(2)11(15)12(17)16-8-14(13(18)19)6-4-10(3)5-7-14/h9-11H,4-8,15H2,1-3H3,(H,16,17)(H,18,19). The van der Waals surface area contributed by atoms with Gasteiger partial charge >= 0.3 is 5.97 Å². The molecule has 5 nitrogen and oxygen atoms in total. The highest BCUT2D eigenvalue weighted by atomic mass is 16.4. The lowest BCUT2D eigenvalue weighted by Crippen LogP contribution is -2.50. The van der Waals surface area contributed by atoms with E-state index in [-0.39, 0.29) is 18.4 Å². The van der Waals surface area contributed by atoms with Crippen molar-refractivity contribution in [3.05, 3.63) is 0 Å². The van der Waals surface area contributed by atoms with Gasteiger partial charge in [0.05, 0.1) is 11.5 Å². The Balaban J connectivity index is 2.61. The first-order chi connectivity index (χ1) is 8.78. The topological polar surface area (TPSA) is 92.4 Å². The Morgan fingerprint density at radius 3 is 2.32 bits per heavy atom. The summed E-state index contributed by atoms with van der Waals surface area (Å²) in [5.74, 6) is -0.444. The second kappa shape index (κ2) is 6.37. The van der Waals surface area contributed by atoms with Crippen LogP contribution in [0.2, 0.25) is 0 Å². The first kappa shape index (κ1) is 16.0. The highest BCUT2D eigenvalue weighted by molar-refractivity contribution is 5.83. The zero-order chi connectivity index (χ0) is 14.6. The Morgan fingerprint density at radius 1 is 1.37 bits per heavy atom. The summed E-state index contributed by atoms with van der Waals surface area (Å²) >= 11 is 0. The molecule has 0 aliphatic heterocycles. The number of carboxylic acids is 1. The van der Waals surface area contributed by atoms with Crippen LogP contribution in [0.15, 0.2) is 0 Å². The SMILES string of the molecule is CC1CCC(CNC(=O)C(N)C(C)C)(C(=O)O)CC1. The van der Waals surface area contributed by atoms with Gasteiger partial charge in [-0.25, -0.2) is 0 Å². The third-order valence-electron chi connectivity index (χ3n) is 4.31. The van der Waals surface area contributed by atoms with E-state index in [1.807, 2.05) is 13.8 Å². The maximum absolute atomic E-state index is 11.8. The average molecular weight is 270 g/mol. The number of nitrogens with two attached hydrogens (primary N) is 1. The smallest absolute Gasteiger partial charge is 0.311 e. The number of carboxylic acid groups (broad SMARTS) is 1. The van der Waals surface area contributed by atoms with Crippen molar-refractivity contribution in [3.63, 3.8) is 0 Å². The van der Waals surface area contributed by atoms with Crippen LogP contribution < -0.4 is 11.1 Å². The second-order valence-corrected chi connectivity index (χ2v) is 6.26. The minimum Gasteiger partial charge on any atom is -0.481 e. The van der Waals surface area contributed by atoms with Crippen molar-refractivity contribution in [2.24, 2.45) is 23.0 Å². The number of aliphatic carboxylic acids is 1. The summed E-state index contributed by atoms with van der Waals surface area (Å²) in [4.78, 5) is 23.3. The third kappa shape index (κ3) is 3.93. The zero-order valence-electron chi connectivity index (χ0n) is 12.1. The summed E-state index contributed by atoms with van der Waals surface area (Å²) in [5.41, 5.74) is 4.95. The molecule has 110 valence electrons. The van der Waals surface area contributed by atoms with Crippen molar-refractivity contribution in [3.8, 4) is 0 Å². The molecule has 4 N–H and O–H groups in total. The molecule has 5 heteroatoms. The van der Waals surface area contributed by atoms with E-state index in [2.05, 4.69) is 12.2 Å². The number of carbonyl (C=O) groups excluding carboxylic acids is 1. The van der Waals surface area contributed by atoms with E-state index in [9.17, 15) is 14.7 Å². The molecule has 1 amide bonds. The Morgan fingerprint density at radius 2 is 1.89 bits per heavy atom. The van der Waals surface area contributed by atoms with Crippen molar-refractivity contribution in [1.29, 1.82) is 0 Å². The highest BCUT2D eigenvalue weighted by Gasteiger charge is 2.41. The maximum atomic E-state index is 11.8. The molecule has 19 heavy (non-hydrogen) atoms. The van der Waals surface area contributed by atoms with E-state index in [0.717, 1.165) is 12.8 Å². The van der Waals surface area contributed by atoms with Crippen LogP contribution in [-0.2, 0) is 9.59 Å². The van der Waals surface area contributed by atoms with Gasteiger partial charge < -0.3 is 16.2 Å². The predicted octanol–water partition coefficient (Wildman–Crippen LogP) is 1.37. The van der Waals surface area contributed by atoms with Crippen molar-refractivity contribution < 1.29 is 14.7 Å². The molecule has 1 aliphatic carbocycles. The van der Waals surface area contributed by atoms with Crippen LogP contribution in [0.4, 0.5) is 0 Å². The van der Waals surface area contributed by atoms with E-state index in [1.54, 1.807) is 0 Å². The van der Waals surface area contributed by atoms with Gasteiger partial charge in [0.2, 0.25) is 5.91 Å². The van der Waals surface area contributed by atoms with Crippen molar-refractivity contribution in [2.45, 2.75) is 52.5 Å². The van der Waals surface area contributed by atoms with Crippen LogP contribution in [0.25, 0.3) is 0 Å². The van der Waals surface area contributed by atoms with Gasteiger partial charge in [0.1, 0.15) is 0 Å². The largest absolute Gasteiger partial charge is 0.481 e. The molecule has 1 unspecified atom stereocenters. The number of hydrogen-bond donors (Lipinski definition) is 3. The van der Waals surface area contributed by atoms with Gasteiger partial charge in [0.15, 0.2) is 0 Å². The van der Waals surface area contributed by atoms with Gasteiger partial charge in [-0.15, -0.1) is 0 Å². The van der Waals surface area contributed by atoms with Crippen molar-refractivity contribution in [1.82, 2.24) is 5.32 Å². The fourth-order valence-electron chi connectivity index (χ4n) is 2.46. The minimum absolute atomic E-state index is 0.0483. The fraction of sp³-hybridized carbons (Fsp3) is 0.857. The normalized spacial score (nSPS) is 29.0. The van der Waals surface area contributed by atoms with Gasteiger partial charge in [-0.2, -0.15) is 0 Å². The van der Waals surface area contributed by atoms with Crippen LogP contribution in [0.3, 0.4) is 0 Å². The van der Waals surface area contributed by atoms with Gasteiger partial charge in [0.25, 0.3) is 0 Å². The molecule has 0 spiro atoms. The van der Waals surface area contributed by atoms with Crippen LogP contribution in [0.1, 0.15) is 46.5 Å². The quantitative estimate of drug-likeness (QED) is 0.703. The van der Waals surface area contributed by atoms with Crippen molar-refractivity contribution in [2.75, 3.05) is 6.54 Å². The van der Waals surface area contributed by atoms with Gasteiger partial charge in [-0.3, -0.25) is 9.59 Å². The van der Waals surface area contributed by atoms with Crippen molar-refractivity contribution >= 4 is 11.9 Å². The molecule has 0 saturated heterocycles. The summed E-state index contributed by atoms with van der Waals surface area (Å²) in [6.45, 7) is 6.08. The molecule has 0 aromatic heterocycles. The van der Waals surface area contributed by atoms with E-state index in [4.69, 9.17) is 5.73 Å². The highest BCUT2D eigenvalue weighted by Crippen LogP contribution is 2.38. The molecule has 1 saturated carbocycles. The molecule has 0 aromatic carbocycles. The molecule has 0 heterocycles. The predicted molar refractivity (Wildman–Crippen MR) is 73.5 cm³/mol. The molecule has 1 rings (SSSR count). The van der Waals surface area contributed by atoms with E-state index >= 15 is 0 Å². The van der Waals surface area contributed by atoms with E-state index < -0.39 is 17.4 Å². The number of carbonyl (C=O) groups is 2. The summed E-state index contributed by atoms with van der Waals surface area (Å²) in [7, 11) is 0. The maximum Gasteiger partial charge on any atom is 0.311 e. The molecule has 0 radical (unpaired) electrons. The molecule has 1 fully saturated rings. The molecule has 0 bridgehead atoms. The third-order valence-corrected chi connectivity index (χ3v) is 4.31. The van der Waals surface area contributed by atoms with E-state index in [0.29, 0.717) is 18.8 Å². The fourth-order valence-corrected chi connectivity index (χ4v) is 2.46. The number of nitrogens with one attached hydrogen (secondary N) is 1. The lowest BCUT2D eigenvalue weighted by molar-refractivity contribution is -0.151. The second-order valence-electron chi connectivity index (χ2n) is 6.26. The first-order valence-electron chi connectivity index (χ1n) is 7.05. The molecular formula is C14H26N2O3. The van der Waals surface area contributed by atoms with Crippen LogP contribution in [0, 0.1) is 17.3 Å². The number of rotatable bonds is 5. The Hall–Kier alpha value is -1.10. The molecule has 0 aromatic rings. The first-order valence-corrected chi connectivity index (χ1v) is 7.05. The molecular weight excluding hydrogens is 244 g/mol. The van der Waals surface area contributed by atoms with Crippen LogP contribution >= 0.6 is 0 Å².